The van der Waals surface area contributed by atoms with E-state index < -0.39 is 15.9 Å². The molecule has 29 heavy (non-hydrogen) atoms. The van der Waals surface area contributed by atoms with Crippen molar-refractivity contribution in [2.45, 2.75) is 24.8 Å². The van der Waals surface area contributed by atoms with E-state index in [-0.39, 0.29) is 33.6 Å². The minimum absolute atomic E-state index is 0.0211. The fraction of sp³-hybridized carbons (Fsp3) is 0.444. The summed E-state index contributed by atoms with van der Waals surface area (Å²) in [5, 5.41) is 7.02. The highest BCUT2D eigenvalue weighted by Crippen LogP contribution is 2.31. The van der Waals surface area contributed by atoms with E-state index >= 15 is 0 Å². The number of benzene rings is 1. The number of hydrogen-bond acceptors (Lipinski definition) is 5. The normalized spacial score (nSPS) is 15.4. The van der Waals surface area contributed by atoms with Gasteiger partial charge in [-0.25, -0.2) is 8.42 Å². The van der Waals surface area contributed by atoms with Gasteiger partial charge >= 0.3 is 0 Å². The lowest BCUT2D eigenvalue weighted by Crippen LogP contribution is -2.40. The average Bonchev–Trinajstić information content (AvgIpc) is 3.10. The number of hydrogen-bond donors (Lipinski definition) is 1. The van der Waals surface area contributed by atoms with Gasteiger partial charge in [-0.05, 0) is 31.5 Å². The van der Waals surface area contributed by atoms with Crippen molar-refractivity contribution in [1.29, 1.82) is 0 Å². The maximum Gasteiger partial charge on any atom is 0.252 e. The number of nitrogens with one attached hydrogen (secondary N) is 1. The van der Waals surface area contributed by atoms with Crippen molar-refractivity contribution in [3.05, 3.63) is 45.7 Å². The molecular weight excluding hydrogens is 439 g/mol. The molecule has 1 aromatic carbocycles. The first-order valence-electron chi connectivity index (χ1n) is 9.14. The van der Waals surface area contributed by atoms with Crippen LogP contribution in [0, 0.1) is 6.92 Å². The van der Waals surface area contributed by atoms with E-state index in [1.807, 2.05) is 17.7 Å². The van der Waals surface area contributed by atoms with Gasteiger partial charge in [-0.1, -0.05) is 23.2 Å². The van der Waals surface area contributed by atoms with E-state index in [9.17, 15) is 13.2 Å². The summed E-state index contributed by atoms with van der Waals surface area (Å²) in [4.78, 5) is 12.4. The summed E-state index contributed by atoms with van der Waals surface area (Å²) < 4.78 is 34.2. The van der Waals surface area contributed by atoms with E-state index in [0.29, 0.717) is 32.7 Å². The number of aryl methyl sites for hydroxylation is 2. The van der Waals surface area contributed by atoms with Crippen LogP contribution in [0.4, 0.5) is 0 Å². The maximum absolute atomic E-state index is 12.9. The number of carbonyl (C=O) groups excluding carboxylic acids is 1. The Labute approximate surface area is 179 Å². The van der Waals surface area contributed by atoms with Gasteiger partial charge < -0.3 is 10.1 Å². The van der Waals surface area contributed by atoms with Crippen LogP contribution in [0.3, 0.4) is 0 Å². The molecule has 1 saturated heterocycles. The molecule has 2 aromatic rings. The molecular formula is C18H22Cl2N4O4S. The number of carbonyl (C=O) groups is 1. The van der Waals surface area contributed by atoms with Gasteiger partial charge in [0.1, 0.15) is 4.90 Å². The van der Waals surface area contributed by atoms with Crippen LogP contribution in [0.2, 0.25) is 10.0 Å². The lowest BCUT2D eigenvalue weighted by Gasteiger charge is -2.26. The largest absolute Gasteiger partial charge is 0.379 e. The van der Waals surface area contributed by atoms with Crippen LogP contribution >= 0.6 is 23.2 Å². The van der Waals surface area contributed by atoms with E-state index in [1.165, 1.54) is 16.4 Å². The Bertz CT molecular complexity index is 988. The van der Waals surface area contributed by atoms with Crippen LogP contribution in [0.5, 0.6) is 0 Å². The van der Waals surface area contributed by atoms with E-state index in [1.54, 1.807) is 6.20 Å². The van der Waals surface area contributed by atoms with Crippen LogP contribution in [-0.4, -0.2) is 61.3 Å². The Morgan fingerprint density at radius 1 is 1.24 bits per heavy atom. The van der Waals surface area contributed by atoms with Crippen molar-refractivity contribution in [3.8, 4) is 0 Å². The molecule has 1 aliphatic heterocycles. The van der Waals surface area contributed by atoms with Crippen LogP contribution in [0.25, 0.3) is 0 Å². The van der Waals surface area contributed by atoms with Crippen molar-refractivity contribution in [2.75, 3.05) is 32.8 Å². The van der Waals surface area contributed by atoms with Gasteiger partial charge in [0, 0.05) is 38.1 Å². The summed E-state index contributed by atoms with van der Waals surface area (Å²) in [6.07, 6.45) is 2.39. The molecule has 0 spiro atoms. The fourth-order valence-corrected chi connectivity index (χ4v) is 5.23. The number of aromatic nitrogens is 2. The van der Waals surface area contributed by atoms with E-state index in [4.69, 9.17) is 27.9 Å². The van der Waals surface area contributed by atoms with Gasteiger partial charge in [-0.2, -0.15) is 9.40 Å². The summed E-state index contributed by atoms with van der Waals surface area (Å²) in [7, 11) is -3.85. The Hall–Kier alpha value is -1.65. The number of ether oxygens (including phenoxy) is 1. The molecule has 0 bridgehead atoms. The SMILES string of the molecule is Cc1ccnn1CCCNC(=O)c1cc(S(=O)(=O)N2CCOCC2)c(Cl)cc1Cl. The summed E-state index contributed by atoms with van der Waals surface area (Å²) in [5.74, 6) is -0.456. The van der Waals surface area contributed by atoms with Crippen LogP contribution in [0.15, 0.2) is 29.3 Å². The number of rotatable bonds is 7. The predicted octanol–water partition coefficient (Wildman–Crippen LogP) is 2.34. The van der Waals surface area contributed by atoms with E-state index in [2.05, 4.69) is 10.4 Å². The second kappa shape index (κ2) is 9.44. The monoisotopic (exact) mass is 460 g/mol. The summed E-state index contributed by atoms with van der Waals surface area (Å²) >= 11 is 12.3. The number of nitrogens with zero attached hydrogens (tertiary/aromatic N) is 3. The average molecular weight is 461 g/mol. The molecule has 0 saturated carbocycles. The fourth-order valence-electron chi connectivity index (χ4n) is 2.99. The number of morpholine rings is 1. The molecule has 0 unspecified atom stereocenters. The Balaban J connectivity index is 1.71. The van der Waals surface area contributed by atoms with Gasteiger partial charge in [0.05, 0.1) is 28.8 Å². The lowest BCUT2D eigenvalue weighted by atomic mass is 10.2. The highest BCUT2D eigenvalue weighted by atomic mass is 35.5. The molecule has 11 heteroatoms. The molecule has 0 atom stereocenters. The van der Waals surface area contributed by atoms with Gasteiger partial charge in [0.25, 0.3) is 5.91 Å². The first kappa shape index (κ1) is 22.0. The quantitative estimate of drug-likeness (QED) is 0.639. The third-order valence-corrected chi connectivity index (χ3v) is 7.29. The second-order valence-electron chi connectivity index (χ2n) is 6.58. The molecule has 3 rings (SSSR count). The zero-order valence-electron chi connectivity index (χ0n) is 15.9. The first-order chi connectivity index (χ1) is 13.8. The third-order valence-electron chi connectivity index (χ3n) is 4.62. The minimum Gasteiger partial charge on any atom is -0.379 e. The van der Waals surface area contributed by atoms with Crippen LogP contribution in [0.1, 0.15) is 22.5 Å². The topological polar surface area (TPSA) is 93.5 Å². The van der Waals surface area contributed by atoms with Gasteiger partial charge in [0.2, 0.25) is 10.0 Å². The number of sulfonamides is 1. The molecule has 2 heterocycles. The van der Waals surface area contributed by atoms with Crippen molar-refractivity contribution in [1.82, 2.24) is 19.4 Å². The molecule has 1 fully saturated rings. The van der Waals surface area contributed by atoms with Crippen LogP contribution < -0.4 is 5.32 Å². The molecule has 158 valence electrons. The predicted molar refractivity (Wildman–Crippen MR) is 110 cm³/mol. The summed E-state index contributed by atoms with van der Waals surface area (Å²) in [5.41, 5.74) is 1.10. The van der Waals surface area contributed by atoms with Crippen LogP contribution in [-0.2, 0) is 21.3 Å². The van der Waals surface area contributed by atoms with Crippen molar-refractivity contribution < 1.29 is 17.9 Å². The summed E-state index contributed by atoms with van der Waals surface area (Å²) in [6, 6.07) is 4.43. The smallest absolute Gasteiger partial charge is 0.252 e. The van der Waals surface area contributed by atoms with E-state index in [0.717, 1.165) is 5.69 Å². The molecule has 1 N–H and O–H groups in total. The molecule has 0 aliphatic carbocycles. The minimum atomic E-state index is -3.85. The second-order valence-corrected chi connectivity index (χ2v) is 9.30. The number of amides is 1. The first-order valence-corrected chi connectivity index (χ1v) is 11.3. The zero-order valence-corrected chi connectivity index (χ0v) is 18.2. The van der Waals surface area contributed by atoms with Crippen molar-refractivity contribution in [3.63, 3.8) is 0 Å². The van der Waals surface area contributed by atoms with Crippen molar-refractivity contribution >= 4 is 39.1 Å². The van der Waals surface area contributed by atoms with Gasteiger partial charge in [0.15, 0.2) is 0 Å². The van der Waals surface area contributed by atoms with Gasteiger partial charge in [-0.15, -0.1) is 0 Å². The Morgan fingerprint density at radius 3 is 2.62 bits per heavy atom. The third kappa shape index (κ3) is 5.10. The lowest BCUT2D eigenvalue weighted by molar-refractivity contribution is 0.0730. The Morgan fingerprint density at radius 2 is 1.97 bits per heavy atom. The standard InChI is InChI=1S/C18H22Cl2N4O4S/c1-13-3-5-22-24(13)6-2-4-21-18(25)14-11-17(16(20)12-15(14)19)29(26,27)23-7-9-28-10-8-23/h3,5,11-12H,2,4,6-10H2,1H3,(H,21,25). The van der Waals surface area contributed by atoms with Crippen molar-refractivity contribution in [2.24, 2.45) is 0 Å². The Kier molecular flexibility index (Phi) is 7.18. The maximum atomic E-state index is 12.9. The highest BCUT2D eigenvalue weighted by molar-refractivity contribution is 7.89. The molecule has 8 nitrogen and oxygen atoms in total. The molecule has 1 aliphatic rings. The zero-order chi connectivity index (χ0) is 21.0. The molecule has 1 amide bonds. The molecule has 0 radical (unpaired) electrons. The van der Waals surface area contributed by atoms with Gasteiger partial charge in [-0.3, -0.25) is 9.48 Å². The number of halogens is 2. The highest BCUT2D eigenvalue weighted by Gasteiger charge is 2.30. The molecule has 1 aromatic heterocycles. The summed E-state index contributed by atoms with van der Waals surface area (Å²) in [6.45, 7) is 4.09.